The van der Waals surface area contributed by atoms with Gasteiger partial charge >= 0.3 is 5.97 Å². The van der Waals surface area contributed by atoms with Gasteiger partial charge in [0.1, 0.15) is 5.78 Å². The lowest BCUT2D eigenvalue weighted by Crippen LogP contribution is -2.11. The van der Waals surface area contributed by atoms with Crippen LogP contribution in [-0.4, -0.2) is 17.9 Å². The lowest BCUT2D eigenvalue weighted by Gasteiger charge is -2.09. The van der Waals surface area contributed by atoms with Crippen LogP contribution in [0.1, 0.15) is 73.1 Å². The van der Waals surface area contributed by atoms with E-state index in [2.05, 4.69) is 13.8 Å². The average Bonchev–Trinajstić information content (AvgIpc) is 2.23. The fourth-order valence-corrected chi connectivity index (χ4v) is 1.26. The molecule has 0 aromatic carbocycles. The molecule has 0 aliphatic heterocycles. The van der Waals surface area contributed by atoms with Crippen molar-refractivity contribution >= 4 is 11.8 Å². The first kappa shape index (κ1) is 18.5. The fraction of sp³-hybridized carbons (Fsp3) is 0.857. The molecule has 0 bridgehead atoms. The molecule has 0 radical (unpaired) electrons. The zero-order valence-electron chi connectivity index (χ0n) is 12.0. The molecule has 1 atom stereocenters. The highest BCUT2D eigenvalue weighted by atomic mass is 16.5. The number of rotatable bonds is 7. The van der Waals surface area contributed by atoms with Gasteiger partial charge in [-0.25, -0.2) is 0 Å². The summed E-state index contributed by atoms with van der Waals surface area (Å²) in [5.74, 6) is 0.130. The third-order valence-corrected chi connectivity index (χ3v) is 2.21. The van der Waals surface area contributed by atoms with Crippen LogP contribution < -0.4 is 0 Å². The third kappa shape index (κ3) is 21.1. The van der Waals surface area contributed by atoms with Crippen LogP contribution in [-0.2, 0) is 14.3 Å². The number of unbranched alkanes of at least 4 members (excludes halogenated alkanes) is 2. The van der Waals surface area contributed by atoms with Crippen LogP contribution in [0, 0.1) is 0 Å². The van der Waals surface area contributed by atoms with Crippen LogP contribution >= 0.6 is 0 Å². The molecule has 0 aromatic heterocycles. The van der Waals surface area contributed by atoms with Gasteiger partial charge in [0.05, 0.1) is 6.10 Å². The summed E-state index contributed by atoms with van der Waals surface area (Å²) in [7, 11) is 0. The maximum absolute atomic E-state index is 10.4. The van der Waals surface area contributed by atoms with Crippen molar-refractivity contribution < 1.29 is 14.3 Å². The Balaban J connectivity index is 0. The molecular formula is C14H28O3. The van der Waals surface area contributed by atoms with E-state index >= 15 is 0 Å². The number of ether oxygens (including phenoxy) is 1. The summed E-state index contributed by atoms with van der Waals surface area (Å²) in [4.78, 5) is 20.6. The topological polar surface area (TPSA) is 43.4 Å². The average molecular weight is 244 g/mol. The Morgan fingerprint density at radius 1 is 1.06 bits per heavy atom. The molecular weight excluding hydrogens is 216 g/mol. The van der Waals surface area contributed by atoms with Gasteiger partial charge in [0.2, 0.25) is 0 Å². The maximum Gasteiger partial charge on any atom is 0.302 e. The van der Waals surface area contributed by atoms with Gasteiger partial charge in [-0.3, -0.25) is 4.79 Å². The molecule has 0 spiro atoms. The van der Waals surface area contributed by atoms with E-state index in [9.17, 15) is 9.59 Å². The second-order valence-corrected chi connectivity index (χ2v) is 4.37. The molecule has 0 rings (SSSR count). The van der Waals surface area contributed by atoms with Crippen molar-refractivity contribution in [3.63, 3.8) is 0 Å². The van der Waals surface area contributed by atoms with E-state index in [0.717, 1.165) is 38.5 Å². The van der Waals surface area contributed by atoms with E-state index in [1.165, 1.54) is 6.92 Å². The summed E-state index contributed by atoms with van der Waals surface area (Å²) in [6.07, 6.45) is 6.30. The summed E-state index contributed by atoms with van der Waals surface area (Å²) in [5.41, 5.74) is 0. The number of ketones is 1. The first-order chi connectivity index (χ1) is 7.93. The van der Waals surface area contributed by atoms with E-state index in [-0.39, 0.29) is 12.1 Å². The number of esters is 1. The maximum atomic E-state index is 10.4. The zero-order valence-corrected chi connectivity index (χ0v) is 12.0. The minimum atomic E-state index is -0.177. The molecule has 0 heterocycles. The number of Topliss-reactive ketones (excluding diaryl/α,β-unsaturated/α-hetero) is 1. The van der Waals surface area contributed by atoms with E-state index in [1.807, 2.05) is 6.92 Å². The minimum Gasteiger partial charge on any atom is -0.463 e. The van der Waals surface area contributed by atoms with E-state index in [0.29, 0.717) is 5.78 Å². The molecule has 0 N–H and O–H groups in total. The highest BCUT2D eigenvalue weighted by Gasteiger charge is 2.02. The number of carbonyl (C=O) groups excluding carboxylic acids is 2. The normalized spacial score (nSPS) is 11.1. The molecule has 0 saturated carbocycles. The predicted molar refractivity (Wildman–Crippen MR) is 71.0 cm³/mol. The largest absolute Gasteiger partial charge is 0.463 e. The SMILES string of the molecule is CCCCC(C)=O.CCCC[C@@H](C)OC(C)=O. The van der Waals surface area contributed by atoms with Crippen molar-refractivity contribution in [2.75, 3.05) is 0 Å². The second kappa shape index (κ2) is 13.2. The molecule has 3 nitrogen and oxygen atoms in total. The van der Waals surface area contributed by atoms with Gasteiger partial charge in [0.25, 0.3) is 0 Å². The molecule has 0 aromatic rings. The molecule has 0 unspecified atom stereocenters. The summed E-state index contributed by atoms with van der Waals surface area (Å²) in [6.45, 7) is 9.22. The Hall–Kier alpha value is -0.860. The Labute approximate surface area is 106 Å². The first-order valence-electron chi connectivity index (χ1n) is 6.60. The van der Waals surface area contributed by atoms with Crippen LogP contribution in [0.5, 0.6) is 0 Å². The van der Waals surface area contributed by atoms with Gasteiger partial charge in [-0.05, 0) is 26.7 Å². The smallest absolute Gasteiger partial charge is 0.302 e. The lowest BCUT2D eigenvalue weighted by atomic mass is 10.2. The van der Waals surface area contributed by atoms with Gasteiger partial charge in [-0.1, -0.05) is 33.1 Å². The van der Waals surface area contributed by atoms with Crippen molar-refractivity contribution in [3.05, 3.63) is 0 Å². The van der Waals surface area contributed by atoms with Crippen LogP contribution in [0.2, 0.25) is 0 Å². The van der Waals surface area contributed by atoms with Crippen LogP contribution in [0.15, 0.2) is 0 Å². The van der Waals surface area contributed by atoms with Crippen LogP contribution in [0.3, 0.4) is 0 Å². The van der Waals surface area contributed by atoms with Crippen molar-refractivity contribution in [2.24, 2.45) is 0 Å². The molecule has 0 fully saturated rings. The summed E-state index contributed by atoms with van der Waals surface area (Å²) >= 11 is 0. The molecule has 17 heavy (non-hydrogen) atoms. The van der Waals surface area contributed by atoms with Gasteiger partial charge in [-0.2, -0.15) is 0 Å². The number of carbonyl (C=O) groups is 2. The van der Waals surface area contributed by atoms with E-state index < -0.39 is 0 Å². The summed E-state index contributed by atoms with van der Waals surface area (Å²) in [5, 5.41) is 0. The van der Waals surface area contributed by atoms with Crippen molar-refractivity contribution in [1.82, 2.24) is 0 Å². The zero-order chi connectivity index (χ0) is 13.7. The van der Waals surface area contributed by atoms with E-state index in [4.69, 9.17) is 4.74 Å². The number of hydrogen-bond acceptors (Lipinski definition) is 3. The highest BCUT2D eigenvalue weighted by molar-refractivity contribution is 5.75. The number of hydrogen-bond donors (Lipinski definition) is 0. The standard InChI is InChI=1S/C8H16O2.C6H12O/c1-4-5-6-7(2)10-8(3)9;1-3-4-5-6(2)7/h7H,4-6H2,1-3H3;3-5H2,1-2H3/t7-;/m1./s1. The van der Waals surface area contributed by atoms with Crippen molar-refractivity contribution in [2.45, 2.75) is 79.2 Å². The Bertz CT molecular complexity index is 200. The van der Waals surface area contributed by atoms with Gasteiger partial charge in [0, 0.05) is 13.3 Å². The molecule has 0 saturated heterocycles. The van der Waals surface area contributed by atoms with Crippen LogP contribution in [0.4, 0.5) is 0 Å². The minimum absolute atomic E-state index is 0.0949. The van der Waals surface area contributed by atoms with Gasteiger partial charge in [-0.15, -0.1) is 0 Å². The van der Waals surface area contributed by atoms with Crippen molar-refractivity contribution in [3.8, 4) is 0 Å². The predicted octanol–water partition coefficient (Wildman–Crippen LogP) is 3.89. The fourth-order valence-electron chi connectivity index (χ4n) is 1.26. The first-order valence-corrected chi connectivity index (χ1v) is 6.60. The monoisotopic (exact) mass is 244 g/mol. The molecule has 0 aliphatic carbocycles. The summed E-state index contributed by atoms with van der Waals surface area (Å²) in [6, 6.07) is 0. The van der Waals surface area contributed by atoms with Crippen LogP contribution in [0.25, 0.3) is 0 Å². The molecule has 0 amide bonds. The highest BCUT2D eigenvalue weighted by Crippen LogP contribution is 2.03. The second-order valence-electron chi connectivity index (χ2n) is 4.37. The van der Waals surface area contributed by atoms with Crippen molar-refractivity contribution in [1.29, 1.82) is 0 Å². The summed E-state index contributed by atoms with van der Waals surface area (Å²) < 4.78 is 4.91. The molecule has 102 valence electrons. The Morgan fingerprint density at radius 3 is 1.88 bits per heavy atom. The third-order valence-electron chi connectivity index (χ3n) is 2.21. The van der Waals surface area contributed by atoms with E-state index in [1.54, 1.807) is 6.92 Å². The quantitative estimate of drug-likeness (QED) is 0.638. The molecule has 3 heteroatoms. The van der Waals surface area contributed by atoms with Gasteiger partial charge in [0.15, 0.2) is 0 Å². The Kier molecular flexibility index (Phi) is 14.4. The van der Waals surface area contributed by atoms with Gasteiger partial charge < -0.3 is 9.53 Å². The lowest BCUT2D eigenvalue weighted by molar-refractivity contribution is -0.145. The Morgan fingerprint density at radius 2 is 1.59 bits per heavy atom. The molecule has 0 aliphatic rings.